The molecular formula is C21H20F5N3O5. The van der Waals surface area contributed by atoms with Gasteiger partial charge < -0.3 is 25.7 Å². The van der Waals surface area contributed by atoms with Crippen molar-refractivity contribution in [3.63, 3.8) is 0 Å². The van der Waals surface area contributed by atoms with Gasteiger partial charge in [0.1, 0.15) is 6.10 Å². The van der Waals surface area contributed by atoms with E-state index in [0.717, 1.165) is 38.4 Å². The van der Waals surface area contributed by atoms with Crippen LogP contribution in [0.2, 0.25) is 0 Å². The molecule has 184 valence electrons. The number of amides is 2. The third kappa shape index (κ3) is 4.11. The number of hydrogen-bond donors (Lipinski definition) is 2. The zero-order chi connectivity index (χ0) is 25.6. The molecule has 4 atom stereocenters. The van der Waals surface area contributed by atoms with Gasteiger partial charge in [-0.25, -0.2) is 4.39 Å². The smallest absolute Gasteiger partial charge is 0.417 e. The van der Waals surface area contributed by atoms with Gasteiger partial charge in [0.2, 0.25) is 5.82 Å². The molecule has 34 heavy (non-hydrogen) atoms. The molecule has 0 unspecified atom stereocenters. The van der Waals surface area contributed by atoms with Crippen LogP contribution in [0.3, 0.4) is 0 Å². The topological polar surface area (TPSA) is 118 Å². The molecule has 8 nitrogen and oxygen atoms in total. The van der Waals surface area contributed by atoms with E-state index >= 15 is 0 Å². The minimum Gasteiger partial charge on any atom is -0.618 e. The maximum absolute atomic E-state index is 14.4. The van der Waals surface area contributed by atoms with Crippen molar-refractivity contribution < 1.29 is 45.7 Å². The molecule has 0 aliphatic carbocycles. The van der Waals surface area contributed by atoms with Gasteiger partial charge >= 0.3 is 12.1 Å². The summed E-state index contributed by atoms with van der Waals surface area (Å²) in [5.41, 5.74) is 1.40. The van der Waals surface area contributed by atoms with E-state index in [9.17, 15) is 36.7 Å². The van der Waals surface area contributed by atoms with E-state index in [1.807, 2.05) is 0 Å². The lowest BCUT2D eigenvalue weighted by molar-refractivity contribution is -0.607. The maximum Gasteiger partial charge on any atom is 0.417 e. The first kappa shape index (κ1) is 25.1. The largest absolute Gasteiger partial charge is 0.618 e. The molecule has 13 heteroatoms. The Morgan fingerprint density at radius 2 is 1.91 bits per heavy atom. The van der Waals surface area contributed by atoms with Crippen molar-refractivity contribution in [2.24, 2.45) is 11.7 Å². The summed E-state index contributed by atoms with van der Waals surface area (Å²) < 4.78 is 80.2. The van der Waals surface area contributed by atoms with Gasteiger partial charge in [0, 0.05) is 29.5 Å². The Balaban J connectivity index is 2.08. The van der Waals surface area contributed by atoms with E-state index in [0.29, 0.717) is 6.07 Å². The summed E-state index contributed by atoms with van der Waals surface area (Å²) in [5, 5.41) is 13.9. The van der Waals surface area contributed by atoms with E-state index in [1.54, 1.807) is 0 Å². The van der Waals surface area contributed by atoms with E-state index in [-0.39, 0.29) is 16.0 Å². The maximum atomic E-state index is 14.4. The number of pyridine rings is 1. The minimum atomic E-state index is -4.93. The number of methoxy groups -OCH3 is 1. The number of anilines is 1. The summed E-state index contributed by atoms with van der Waals surface area (Å²) in [4.78, 5) is 24.4. The van der Waals surface area contributed by atoms with Crippen LogP contribution in [0.4, 0.5) is 27.6 Å². The third-order valence-corrected chi connectivity index (χ3v) is 6.01. The highest BCUT2D eigenvalue weighted by Gasteiger charge is 2.65. The third-order valence-electron chi connectivity index (χ3n) is 6.01. The quantitative estimate of drug-likeness (QED) is 0.381. The van der Waals surface area contributed by atoms with Gasteiger partial charge in [0.05, 0.1) is 12.8 Å². The molecule has 0 radical (unpaired) electrons. The molecule has 3 rings (SSSR count). The number of alkyl halides is 3. The Bertz CT molecular complexity index is 1140. The van der Waals surface area contributed by atoms with Crippen molar-refractivity contribution in [3.8, 4) is 5.75 Å². The molecule has 0 bridgehead atoms. The average molecular weight is 489 g/mol. The number of nitrogens with two attached hydrogens (primary N) is 1. The lowest BCUT2D eigenvalue weighted by Gasteiger charge is -2.32. The van der Waals surface area contributed by atoms with Gasteiger partial charge in [0.15, 0.2) is 23.4 Å². The molecule has 1 fully saturated rings. The Labute approximate surface area is 190 Å². The van der Waals surface area contributed by atoms with Gasteiger partial charge in [-0.2, -0.15) is 22.3 Å². The first-order chi connectivity index (χ1) is 15.7. The van der Waals surface area contributed by atoms with E-state index in [2.05, 4.69) is 5.32 Å². The molecule has 2 amide bonds. The number of primary amides is 1. The first-order valence-corrected chi connectivity index (χ1v) is 9.83. The number of nitrogens with zero attached hydrogens (tertiary/aromatic N) is 1. The van der Waals surface area contributed by atoms with Gasteiger partial charge in [-0.3, -0.25) is 9.59 Å². The number of aromatic nitrogens is 1. The van der Waals surface area contributed by atoms with E-state index < -0.39 is 64.6 Å². The van der Waals surface area contributed by atoms with Crippen LogP contribution in [-0.4, -0.2) is 36.8 Å². The highest BCUT2D eigenvalue weighted by molar-refractivity contribution is 5.97. The second kappa shape index (κ2) is 8.70. The zero-order valence-electron chi connectivity index (χ0n) is 18.1. The number of halogens is 5. The summed E-state index contributed by atoms with van der Waals surface area (Å²) in [7, 11) is 1.01. The summed E-state index contributed by atoms with van der Waals surface area (Å²) in [6, 6.07) is 3.76. The summed E-state index contributed by atoms with van der Waals surface area (Å²) in [6.45, 7) is 1.92. The van der Waals surface area contributed by atoms with Crippen LogP contribution in [0.15, 0.2) is 30.5 Å². The molecule has 1 saturated heterocycles. The Morgan fingerprint density at radius 1 is 1.26 bits per heavy atom. The SMILES string of the molecule is COc1c([C@H]2[C@@H](C)[C@](C)(C(F)(F)F)O[C@H]2C(=O)Nc2cc[n+]([O-])c(C(N)=O)c2)ccc(F)c1F. The number of carbonyl (C=O) groups is 2. The lowest BCUT2D eigenvalue weighted by atomic mass is 9.77. The number of hydrogen-bond acceptors (Lipinski definition) is 5. The molecule has 0 saturated carbocycles. The average Bonchev–Trinajstić information content (AvgIpc) is 3.03. The number of rotatable bonds is 5. The van der Waals surface area contributed by atoms with Crippen LogP contribution < -0.4 is 20.5 Å². The highest BCUT2D eigenvalue weighted by atomic mass is 19.4. The van der Waals surface area contributed by atoms with Crippen LogP contribution in [0.25, 0.3) is 0 Å². The zero-order valence-corrected chi connectivity index (χ0v) is 18.1. The number of carbonyl (C=O) groups excluding carboxylic acids is 2. The van der Waals surface area contributed by atoms with Crippen molar-refractivity contribution in [3.05, 3.63) is 58.6 Å². The normalized spacial score (nSPS) is 24.6. The summed E-state index contributed by atoms with van der Waals surface area (Å²) >= 11 is 0. The molecule has 2 aromatic rings. The fraction of sp³-hybridized carbons (Fsp3) is 0.381. The van der Waals surface area contributed by atoms with Crippen molar-refractivity contribution >= 4 is 17.5 Å². The fourth-order valence-electron chi connectivity index (χ4n) is 4.00. The van der Waals surface area contributed by atoms with Crippen LogP contribution >= 0.6 is 0 Å². The molecule has 3 N–H and O–H groups in total. The van der Waals surface area contributed by atoms with E-state index in [4.69, 9.17) is 15.2 Å². The van der Waals surface area contributed by atoms with Crippen LogP contribution in [0, 0.1) is 22.8 Å². The van der Waals surface area contributed by atoms with Crippen molar-refractivity contribution in [1.82, 2.24) is 0 Å². The van der Waals surface area contributed by atoms with E-state index in [1.165, 1.54) is 6.92 Å². The molecule has 1 aliphatic rings. The number of benzene rings is 1. The lowest BCUT2D eigenvalue weighted by Crippen LogP contribution is -2.47. The molecule has 1 aliphatic heterocycles. The van der Waals surface area contributed by atoms with Gasteiger partial charge in [-0.15, -0.1) is 0 Å². The minimum absolute atomic E-state index is 0.126. The number of nitrogens with one attached hydrogen (secondary N) is 1. The van der Waals surface area contributed by atoms with Crippen LogP contribution in [0.1, 0.15) is 35.8 Å². The van der Waals surface area contributed by atoms with Gasteiger partial charge in [-0.05, 0) is 13.0 Å². The molecule has 0 spiro atoms. The van der Waals surface area contributed by atoms with Crippen LogP contribution in [0.5, 0.6) is 5.75 Å². The second-order valence-corrected chi connectivity index (χ2v) is 7.92. The molecule has 1 aromatic carbocycles. The summed E-state index contributed by atoms with van der Waals surface area (Å²) in [6.07, 6.45) is -5.90. The second-order valence-electron chi connectivity index (χ2n) is 7.92. The highest BCUT2D eigenvalue weighted by Crippen LogP contribution is 2.55. The molecule has 2 heterocycles. The van der Waals surface area contributed by atoms with Crippen molar-refractivity contribution in [2.45, 2.75) is 37.6 Å². The van der Waals surface area contributed by atoms with Crippen molar-refractivity contribution in [2.75, 3.05) is 12.4 Å². The standard InChI is InChI=1S/C21H20F5N3O5/c1-9-14(11-4-5-12(22)15(23)16(11)33-3)17(34-20(9,2)21(24,25)26)19(31)28-10-6-7-29(32)13(8-10)18(27)30/h4-9,14,17H,1-3H3,(H2,27,30)(H,28,31)/t9-,14-,17-,20-/m1/s1. The predicted octanol–water partition coefficient (Wildman–Crippen LogP) is 2.78. The Kier molecular flexibility index (Phi) is 6.44. The fourth-order valence-corrected chi connectivity index (χ4v) is 4.00. The predicted molar refractivity (Wildman–Crippen MR) is 107 cm³/mol. The Hall–Kier alpha value is -3.48. The van der Waals surface area contributed by atoms with Crippen LogP contribution in [-0.2, 0) is 9.53 Å². The number of ether oxygens (including phenoxy) is 2. The van der Waals surface area contributed by atoms with Gasteiger partial charge in [0.25, 0.3) is 11.6 Å². The molecular weight excluding hydrogens is 469 g/mol. The van der Waals surface area contributed by atoms with Crippen molar-refractivity contribution in [1.29, 1.82) is 0 Å². The monoisotopic (exact) mass is 489 g/mol. The Morgan fingerprint density at radius 3 is 2.47 bits per heavy atom. The summed E-state index contributed by atoms with van der Waals surface area (Å²) in [5.74, 6) is -8.43. The first-order valence-electron chi connectivity index (χ1n) is 9.83. The molecule has 1 aromatic heterocycles. The van der Waals surface area contributed by atoms with Gasteiger partial charge in [-0.1, -0.05) is 13.0 Å².